The van der Waals surface area contributed by atoms with Crippen molar-refractivity contribution in [1.82, 2.24) is 10.6 Å². The minimum absolute atomic E-state index is 0.0894. The Morgan fingerprint density at radius 3 is 2.85 bits per heavy atom. The van der Waals surface area contributed by atoms with Gasteiger partial charge in [-0.25, -0.2) is 0 Å². The molecule has 0 bridgehead atoms. The lowest BCUT2D eigenvalue weighted by Crippen LogP contribution is -2.38. The van der Waals surface area contributed by atoms with Gasteiger partial charge in [-0.2, -0.15) is 0 Å². The SMILES string of the molecule is CCNC(=O)CNCC(O)COc1cccc(OC)c1. The Hall–Kier alpha value is -1.79. The standard InChI is InChI=1S/C14H22N2O4/c1-3-16-14(18)9-15-8-11(17)10-20-13-6-4-5-12(7-13)19-2/h4-7,11,15,17H,3,8-10H2,1-2H3,(H,16,18). The van der Waals surface area contributed by atoms with Crippen molar-refractivity contribution >= 4 is 5.91 Å². The summed E-state index contributed by atoms with van der Waals surface area (Å²) in [5.41, 5.74) is 0. The molecule has 0 aliphatic carbocycles. The van der Waals surface area contributed by atoms with Gasteiger partial charge in [0.25, 0.3) is 0 Å². The van der Waals surface area contributed by atoms with Crippen LogP contribution in [0.4, 0.5) is 0 Å². The molecule has 20 heavy (non-hydrogen) atoms. The van der Waals surface area contributed by atoms with Gasteiger partial charge in [0.15, 0.2) is 0 Å². The number of rotatable bonds is 9. The van der Waals surface area contributed by atoms with E-state index in [-0.39, 0.29) is 19.1 Å². The minimum atomic E-state index is -0.685. The maximum atomic E-state index is 11.2. The molecule has 1 amide bonds. The zero-order valence-corrected chi connectivity index (χ0v) is 11.9. The first-order valence-corrected chi connectivity index (χ1v) is 6.58. The zero-order chi connectivity index (χ0) is 14.8. The van der Waals surface area contributed by atoms with Crippen molar-refractivity contribution in [3.63, 3.8) is 0 Å². The molecule has 1 rings (SSSR count). The summed E-state index contributed by atoms with van der Waals surface area (Å²) >= 11 is 0. The highest BCUT2D eigenvalue weighted by Gasteiger charge is 2.07. The largest absolute Gasteiger partial charge is 0.497 e. The van der Waals surface area contributed by atoms with Gasteiger partial charge in [-0.1, -0.05) is 6.07 Å². The van der Waals surface area contributed by atoms with Crippen molar-refractivity contribution in [2.75, 3.05) is 33.4 Å². The fourth-order valence-electron chi connectivity index (χ4n) is 1.55. The quantitative estimate of drug-likeness (QED) is 0.601. The number of methoxy groups -OCH3 is 1. The van der Waals surface area contributed by atoms with Crippen LogP contribution in [0.3, 0.4) is 0 Å². The van der Waals surface area contributed by atoms with Gasteiger partial charge in [0, 0.05) is 19.2 Å². The maximum absolute atomic E-state index is 11.2. The first-order chi connectivity index (χ1) is 9.65. The lowest BCUT2D eigenvalue weighted by Gasteiger charge is -2.13. The molecule has 1 atom stereocenters. The summed E-state index contributed by atoms with van der Waals surface area (Å²) in [7, 11) is 1.58. The molecule has 6 nitrogen and oxygen atoms in total. The molecule has 3 N–H and O–H groups in total. The van der Waals surface area contributed by atoms with Crippen molar-refractivity contribution in [3.8, 4) is 11.5 Å². The molecule has 0 spiro atoms. The Kier molecular flexibility index (Phi) is 7.46. The number of hydrogen-bond donors (Lipinski definition) is 3. The number of aliphatic hydroxyl groups is 1. The number of hydrogen-bond acceptors (Lipinski definition) is 5. The molecular formula is C14H22N2O4. The second-order valence-corrected chi connectivity index (χ2v) is 4.23. The lowest BCUT2D eigenvalue weighted by atomic mass is 10.3. The van der Waals surface area contributed by atoms with E-state index in [9.17, 15) is 9.90 Å². The molecule has 0 saturated carbocycles. The molecule has 0 aliphatic heterocycles. The van der Waals surface area contributed by atoms with E-state index in [1.165, 1.54) is 0 Å². The first-order valence-electron chi connectivity index (χ1n) is 6.58. The van der Waals surface area contributed by atoms with Crippen LogP contribution in [0, 0.1) is 0 Å². The lowest BCUT2D eigenvalue weighted by molar-refractivity contribution is -0.120. The molecule has 0 radical (unpaired) electrons. The Morgan fingerprint density at radius 1 is 1.40 bits per heavy atom. The predicted molar refractivity (Wildman–Crippen MR) is 76.0 cm³/mol. The molecule has 1 unspecified atom stereocenters. The van der Waals surface area contributed by atoms with Crippen molar-refractivity contribution in [2.45, 2.75) is 13.0 Å². The third-order valence-electron chi connectivity index (χ3n) is 2.52. The molecule has 6 heteroatoms. The second-order valence-electron chi connectivity index (χ2n) is 4.23. The third-order valence-corrected chi connectivity index (χ3v) is 2.52. The second kappa shape index (κ2) is 9.17. The van der Waals surface area contributed by atoms with Gasteiger partial charge in [-0.15, -0.1) is 0 Å². The van der Waals surface area contributed by atoms with E-state index in [2.05, 4.69) is 10.6 Å². The van der Waals surface area contributed by atoms with Gasteiger partial charge < -0.3 is 25.2 Å². The summed E-state index contributed by atoms with van der Waals surface area (Å²) in [6, 6.07) is 7.16. The maximum Gasteiger partial charge on any atom is 0.233 e. The summed E-state index contributed by atoms with van der Waals surface area (Å²) in [4.78, 5) is 11.2. The van der Waals surface area contributed by atoms with Crippen LogP contribution < -0.4 is 20.1 Å². The highest BCUT2D eigenvalue weighted by Crippen LogP contribution is 2.18. The fraction of sp³-hybridized carbons (Fsp3) is 0.500. The Balaban J connectivity index is 2.22. The average Bonchev–Trinajstić information content (AvgIpc) is 2.45. The summed E-state index contributed by atoms with van der Waals surface area (Å²) in [5.74, 6) is 1.24. The van der Waals surface area contributed by atoms with Crippen molar-refractivity contribution in [3.05, 3.63) is 24.3 Å². The first kappa shape index (κ1) is 16.3. The van der Waals surface area contributed by atoms with E-state index in [1.54, 1.807) is 19.2 Å². The molecule has 1 aromatic carbocycles. The molecule has 0 aliphatic rings. The number of likely N-dealkylation sites (N-methyl/N-ethyl adjacent to an activating group) is 1. The van der Waals surface area contributed by atoms with Crippen molar-refractivity contribution < 1.29 is 19.4 Å². The summed E-state index contributed by atoms with van der Waals surface area (Å²) in [6.45, 7) is 3.08. The van der Waals surface area contributed by atoms with Gasteiger partial charge in [-0.05, 0) is 19.1 Å². The smallest absolute Gasteiger partial charge is 0.233 e. The minimum Gasteiger partial charge on any atom is -0.497 e. The number of amides is 1. The van der Waals surface area contributed by atoms with Crippen LogP contribution in [0.25, 0.3) is 0 Å². The van der Waals surface area contributed by atoms with E-state index in [4.69, 9.17) is 9.47 Å². The van der Waals surface area contributed by atoms with Crippen LogP contribution >= 0.6 is 0 Å². The summed E-state index contributed by atoms with van der Waals surface area (Å²) in [5, 5.41) is 15.3. The number of carbonyl (C=O) groups is 1. The van der Waals surface area contributed by atoms with Crippen LogP contribution in [-0.4, -0.2) is 50.5 Å². The fourth-order valence-corrected chi connectivity index (χ4v) is 1.55. The highest BCUT2D eigenvalue weighted by molar-refractivity contribution is 5.77. The number of benzene rings is 1. The van der Waals surface area contributed by atoms with Crippen LogP contribution in [0.1, 0.15) is 6.92 Å². The number of carbonyl (C=O) groups excluding carboxylic acids is 1. The predicted octanol–water partition coefficient (Wildman–Crippen LogP) is 0.161. The van der Waals surface area contributed by atoms with E-state index in [0.29, 0.717) is 24.6 Å². The van der Waals surface area contributed by atoms with Gasteiger partial charge in [-0.3, -0.25) is 4.79 Å². The van der Waals surface area contributed by atoms with E-state index >= 15 is 0 Å². The summed E-state index contributed by atoms with van der Waals surface area (Å²) in [6.07, 6.45) is -0.685. The third kappa shape index (κ3) is 6.40. The molecule has 1 aromatic rings. The summed E-state index contributed by atoms with van der Waals surface area (Å²) < 4.78 is 10.5. The number of nitrogens with one attached hydrogen (secondary N) is 2. The van der Waals surface area contributed by atoms with Crippen molar-refractivity contribution in [1.29, 1.82) is 0 Å². The normalized spacial score (nSPS) is 11.8. The van der Waals surface area contributed by atoms with Gasteiger partial charge in [0.2, 0.25) is 5.91 Å². The molecule has 0 fully saturated rings. The highest BCUT2D eigenvalue weighted by atomic mass is 16.5. The Labute approximate surface area is 119 Å². The Bertz CT molecular complexity index is 412. The van der Waals surface area contributed by atoms with Crippen LogP contribution in [0.5, 0.6) is 11.5 Å². The zero-order valence-electron chi connectivity index (χ0n) is 11.9. The topological polar surface area (TPSA) is 79.8 Å². The monoisotopic (exact) mass is 282 g/mol. The van der Waals surface area contributed by atoms with Crippen LogP contribution in [-0.2, 0) is 4.79 Å². The number of ether oxygens (including phenoxy) is 2. The van der Waals surface area contributed by atoms with E-state index < -0.39 is 6.10 Å². The molecule has 0 heterocycles. The van der Waals surface area contributed by atoms with Crippen LogP contribution in [0.2, 0.25) is 0 Å². The van der Waals surface area contributed by atoms with E-state index in [1.807, 2.05) is 19.1 Å². The van der Waals surface area contributed by atoms with Crippen LogP contribution in [0.15, 0.2) is 24.3 Å². The molecular weight excluding hydrogens is 260 g/mol. The Morgan fingerprint density at radius 2 is 2.15 bits per heavy atom. The van der Waals surface area contributed by atoms with Gasteiger partial charge >= 0.3 is 0 Å². The van der Waals surface area contributed by atoms with Gasteiger partial charge in [0.05, 0.1) is 13.7 Å². The van der Waals surface area contributed by atoms with Crippen molar-refractivity contribution in [2.24, 2.45) is 0 Å². The molecule has 112 valence electrons. The molecule has 0 saturated heterocycles. The molecule has 0 aromatic heterocycles. The average molecular weight is 282 g/mol. The van der Waals surface area contributed by atoms with Gasteiger partial charge in [0.1, 0.15) is 24.2 Å². The number of aliphatic hydroxyl groups excluding tert-OH is 1. The van der Waals surface area contributed by atoms with E-state index in [0.717, 1.165) is 0 Å².